The Morgan fingerprint density at radius 3 is 2.38 bits per heavy atom. The van der Waals surface area contributed by atoms with Crippen LogP contribution in [0, 0.1) is 6.92 Å². The summed E-state index contributed by atoms with van der Waals surface area (Å²) in [6, 6.07) is 19.8. The van der Waals surface area contributed by atoms with Gasteiger partial charge in [-0.15, -0.1) is 12.4 Å². The normalized spacial score (nSPS) is 14.4. The maximum atomic E-state index is 14.3. The van der Waals surface area contributed by atoms with Crippen LogP contribution >= 0.6 is 12.4 Å². The number of amides is 1. The zero-order valence-electron chi connectivity index (χ0n) is 23.4. The van der Waals surface area contributed by atoms with E-state index in [1.807, 2.05) is 18.2 Å². The van der Waals surface area contributed by atoms with E-state index >= 15 is 0 Å². The summed E-state index contributed by atoms with van der Waals surface area (Å²) in [6.45, 7) is 5.37. The maximum Gasteiger partial charge on any atom is 0.416 e. The van der Waals surface area contributed by atoms with Gasteiger partial charge in [-0.05, 0) is 68.1 Å². The number of hydrogen-bond acceptors (Lipinski definition) is 4. The third-order valence-corrected chi connectivity index (χ3v) is 7.59. The molecule has 222 valence electrons. The van der Waals surface area contributed by atoms with E-state index in [1.54, 1.807) is 31.2 Å². The average molecular weight is 600 g/mol. The van der Waals surface area contributed by atoms with Crippen LogP contribution in [0.1, 0.15) is 46.9 Å². The van der Waals surface area contributed by atoms with Gasteiger partial charge in [0.1, 0.15) is 5.75 Å². The summed E-state index contributed by atoms with van der Waals surface area (Å²) < 4.78 is 46.3. The van der Waals surface area contributed by atoms with E-state index in [0.717, 1.165) is 38.2 Å². The predicted molar refractivity (Wildman–Crippen MR) is 159 cm³/mol. The Hall–Kier alpha value is -3.82. The van der Waals surface area contributed by atoms with Gasteiger partial charge in [0.2, 0.25) is 0 Å². The zero-order chi connectivity index (χ0) is 29.1. The predicted octanol–water partition coefficient (Wildman–Crippen LogP) is 7.20. The topological polar surface area (TPSA) is 65.6 Å². The van der Waals surface area contributed by atoms with E-state index in [4.69, 9.17) is 4.74 Å². The minimum Gasteiger partial charge on any atom is -0.427 e. The number of ether oxygens (including phenoxy) is 1. The van der Waals surface area contributed by atoms with Gasteiger partial charge in [-0.2, -0.15) is 13.2 Å². The Bertz CT molecular complexity index is 1550. The van der Waals surface area contributed by atoms with Crippen molar-refractivity contribution in [1.82, 2.24) is 9.88 Å². The average Bonchev–Trinajstić information content (AvgIpc) is 3.27. The largest absolute Gasteiger partial charge is 0.427 e. The number of H-pyrrole nitrogens is 1. The first-order chi connectivity index (χ1) is 19.6. The van der Waals surface area contributed by atoms with E-state index in [2.05, 4.69) is 22.0 Å². The molecule has 5 rings (SSSR count). The summed E-state index contributed by atoms with van der Waals surface area (Å²) in [4.78, 5) is 32.9. The highest BCUT2D eigenvalue weighted by molar-refractivity contribution is 6.15. The van der Waals surface area contributed by atoms with Gasteiger partial charge in [-0.25, -0.2) is 0 Å². The van der Waals surface area contributed by atoms with Gasteiger partial charge in [0.05, 0.1) is 11.1 Å². The van der Waals surface area contributed by atoms with Crippen molar-refractivity contribution in [3.63, 3.8) is 0 Å². The smallest absolute Gasteiger partial charge is 0.416 e. The summed E-state index contributed by atoms with van der Waals surface area (Å²) >= 11 is 0. The summed E-state index contributed by atoms with van der Waals surface area (Å²) in [5.74, 6) is -0.597. The fourth-order valence-corrected chi connectivity index (χ4v) is 5.59. The number of fused-ring (bicyclic) bond motifs is 1. The van der Waals surface area contributed by atoms with Crippen molar-refractivity contribution in [2.24, 2.45) is 0 Å². The highest BCUT2D eigenvalue weighted by atomic mass is 35.5. The molecule has 0 aliphatic carbocycles. The number of aromatic amines is 1. The minimum absolute atomic E-state index is 0. The van der Waals surface area contributed by atoms with Gasteiger partial charge in [0, 0.05) is 54.9 Å². The molecule has 42 heavy (non-hydrogen) atoms. The molecule has 1 aliphatic rings. The first-order valence-corrected chi connectivity index (χ1v) is 13.7. The van der Waals surface area contributed by atoms with Crippen LogP contribution in [0.3, 0.4) is 0 Å². The Labute approximate surface area is 248 Å². The van der Waals surface area contributed by atoms with Crippen molar-refractivity contribution in [1.29, 1.82) is 0 Å². The number of halogens is 4. The van der Waals surface area contributed by atoms with E-state index < -0.39 is 23.6 Å². The molecule has 0 radical (unpaired) electrons. The zero-order valence-corrected chi connectivity index (χ0v) is 24.2. The van der Waals surface area contributed by atoms with Crippen LogP contribution in [0.2, 0.25) is 0 Å². The lowest BCUT2D eigenvalue weighted by molar-refractivity contribution is -0.137. The molecule has 0 saturated carbocycles. The molecule has 4 aromatic rings. The number of benzene rings is 3. The number of aromatic nitrogens is 1. The number of nitrogens with one attached hydrogen (secondary N) is 1. The molecule has 3 aromatic carbocycles. The number of carbonyl (C=O) groups excluding carboxylic acids is 2. The molecule has 10 heteroatoms. The lowest BCUT2D eigenvalue weighted by Gasteiger charge is -2.39. The molecule has 1 aromatic heterocycles. The summed E-state index contributed by atoms with van der Waals surface area (Å²) in [6.07, 6.45) is -2.39. The lowest BCUT2D eigenvalue weighted by Crippen LogP contribution is -2.48. The fraction of sp³-hybridized carbons (Fsp3) is 0.312. The second-order valence-electron chi connectivity index (χ2n) is 10.5. The molecule has 1 amide bonds. The first-order valence-electron chi connectivity index (χ1n) is 13.7. The van der Waals surface area contributed by atoms with Crippen LogP contribution in [-0.4, -0.2) is 47.4 Å². The van der Waals surface area contributed by atoms with Crippen LogP contribution in [0.4, 0.5) is 18.9 Å². The monoisotopic (exact) mass is 599 g/mol. The number of alkyl halides is 3. The molecule has 1 aliphatic heterocycles. The van der Waals surface area contributed by atoms with Gasteiger partial charge < -0.3 is 19.5 Å². The van der Waals surface area contributed by atoms with Crippen molar-refractivity contribution in [2.45, 2.75) is 45.3 Å². The first kappa shape index (κ1) is 31.1. The fourth-order valence-electron chi connectivity index (χ4n) is 5.59. The van der Waals surface area contributed by atoms with Crippen molar-refractivity contribution >= 4 is 40.9 Å². The molecular formula is C32H33ClF3N3O3. The highest BCUT2D eigenvalue weighted by Gasteiger charge is 2.35. The molecule has 1 N–H and O–H groups in total. The molecule has 1 saturated heterocycles. The molecule has 6 nitrogen and oxygen atoms in total. The maximum absolute atomic E-state index is 14.3. The van der Waals surface area contributed by atoms with Crippen LogP contribution in [-0.2, 0) is 17.4 Å². The second-order valence-corrected chi connectivity index (χ2v) is 10.5. The highest BCUT2D eigenvalue weighted by Crippen LogP contribution is 2.35. The number of hydrogen-bond donors (Lipinski definition) is 1. The number of anilines is 1. The van der Waals surface area contributed by atoms with Crippen LogP contribution in [0.5, 0.6) is 5.75 Å². The molecule has 0 spiro atoms. The van der Waals surface area contributed by atoms with E-state index in [-0.39, 0.29) is 29.9 Å². The number of esters is 1. The van der Waals surface area contributed by atoms with Gasteiger partial charge in [-0.3, -0.25) is 9.59 Å². The summed E-state index contributed by atoms with van der Waals surface area (Å²) in [7, 11) is 0. The SMILES string of the molecule is CC(=O)Oc1ccc2[nH]c(C)c(C(=O)N(c3cccc(C(F)(F)F)c3)C3CCN(CCc4ccccc4)CC3)c2c1.Cl. The van der Waals surface area contributed by atoms with Crippen molar-refractivity contribution in [3.05, 3.63) is 95.2 Å². The van der Waals surface area contributed by atoms with Crippen molar-refractivity contribution < 1.29 is 27.5 Å². The number of aryl methyl sites for hydroxylation is 1. The number of nitrogens with zero attached hydrogens (tertiary/aromatic N) is 2. The molecular weight excluding hydrogens is 567 g/mol. The summed E-state index contributed by atoms with van der Waals surface area (Å²) in [5.41, 5.74) is 2.25. The Morgan fingerprint density at radius 2 is 1.71 bits per heavy atom. The van der Waals surface area contributed by atoms with Crippen molar-refractivity contribution in [2.75, 3.05) is 24.5 Å². The van der Waals surface area contributed by atoms with Crippen molar-refractivity contribution in [3.8, 4) is 5.75 Å². The van der Waals surface area contributed by atoms with E-state index in [0.29, 0.717) is 35.0 Å². The van der Waals surface area contributed by atoms with E-state index in [1.165, 1.54) is 23.5 Å². The standard InChI is InChI=1S/C32H32F3N3O3.ClH/c1-21-30(28-20-27(41-22(2)39)11-12-29(28)36-21)31(40)38(26-10-6-9-24(19-26)32(33,34)35)25-14-17-37(18-15-25)16-13-23-7-4-3-5-8-23;/h3-12,19-20,25,36H,13-18H2,1-2H3;1H. The van der Waals surface area contributed by atoms with Gasteiger partial charge in [0.25, 0.3) is 5.91 Å². The molecule has 0 unspecified atom stereocenters. The number of rotatable bonds is 7. The quantitative estimate of drug-likeness (QED) is 0.180. The second kappa shape index (κ2) is 13.0. The van der Waals surface area contributed by atoms with E-state index in [9.17, 15) is 22.8 Å². The molecule has 0 atom stereocenters. The Balaban J connectivity index is 0.00000405. The van der Waals surface area contributed by atoms with Gasteiger partial charge in [0.15, 0.2) is 0 Å². The van der Waals surface area contributed by atoms with Gasteiger partial charge >= 0.3 is 12.1 Å². The summed E-state index contributed by atoms with van der Waals surface area (Å²) in [5, 5.41) is 0.545. The van der Waals surface area contributed by atoms with Gasteiger partial charge in [-0.1, -0.05) is 36.4 Å². The third-order valence-electron chi connectivity index (χ3n) is 7.59. The number of piperidine rings is 1. The molecule has 0 bridgehead atoms. The Morgan fingerprint density at radius 1 is 1.00 bits per heavy atom. The van der Waals surface area contributed by atoms with Crippen LogP contribution in [0.25, 0.3) is 10.9 Å². The molecule has 2 heterocycles. The number of carbonyl (C=O) groups is 2. The Kier molecular flexibility index (Phi) is 9.64. The lowest BCUT2D eigenvalue weighted by atomic mass is 9.99. The van der Waals surface area contributed by atoms with Crippen LogP contribution < -0.4 is 9.64 Å². The molecule has 1 fully saturated rings. The van der Waals surface area contributed by atoms with Crippen LogP contribution in [0.15, 0.2) is 72.8 Å². The third kappa shape index (κ3) is 6.97. The minimum atomic E-state index is -4.54. The number of likely N-dealkylation sites (tertiary alicyclic amines) is 1.